The van der Waals surface area contributed by atoms with Crippen LogP contribution in [0.25, 0.3) is 0 Å². The van der Waals surface area contributed by atoms with Crippen LogP contribution in [-0.4, -0.2) is 24.5 Å². The van der Waals surface area contributed by atoms with Crippen molar-refractivity contribution in [3.8, 4) is 0 Å². The number of benzene rings is 1. The number of esters is 1. The maximum atomic E-state index is 13.8. The van der Waals surface area contributed by atoms with E-state index in [2.05, 4.69) is 12.2 Å². The monoisotopic (exact) mass is 425 g/mol. The maximum Gasteiger partial charge on any atom is 0.328 e. The fourth-order valence-electron chi connectivity index (χ4n) is 3.28. The normalized spacial score (nSPS) is 12.1. The Morgan fingerprint density at radius 1 is 0.900 bits per heavy atom. The van der Waals surface area contributed by atoms with Crippen molar-refractivity contribution in [1.82, 2.24) is 5.32 Å². The Morgan fingerprint density at radius 2 is 1.40 bits per heavy atom. The Balaban J connectivity index is 2.32. The van der Waals surface area contributed by atoms with Crippen molar-refractivity contribution in [3.05, 3.63) is 35.4 Å². The molecule has 30 heavy (non-hydrogen) atoms. The number of hydrogen-bond acceptors (Lipinski definition) is 3. The van der Waals surface area contributed by atoms with E-state index in [1.807, 2.05) is 0 Å². The molecule has 0 saturated heterocycles. The van der Waals surface area contributed by atoms with Crippen LogP contribution in [0.15, 0.2) is 18.2 Å². The molecule has 6 heteroatoms. The minimum Gasteiger partial charge on any atom is -0.464 e. The van der Waals surface area contributed by atoms with Crippen molar-refractivity contribution in [2.45, 2.75) is 91.0 Å². The van der Waals surface area contributed by atoms with Crippen molar-refractivity contribution in [3.63, 3.8) is 0 Å². The average Bonchev–Trinajstić information content (AvgIpc) is 2.69. The number of nitrogens with one attached hydrogen (secondary N) is 1. The van der Waals surface area contributed by atoms with Gasteiger partial charge in [-0.1, -0.05) is 84.6 Å². The maximum absolute atomic E-state index is 13.8. The molecule has 0 heterocycles. The number of hydrogen-bond donors (Lipinski definition) is 1. The fourth-order valence-corrected chi connectivity index (χ4v) is 3.28. The second-order valence-corrected chi connectivity index (χ2v) is 8.14. The lowest BCUT2D eigenvalue weighted by atomic mass is 10.0. The molecule has 4 nitrogen and oxygen atoms in total. The Morgan fingerprint density at radius 3 is 1.90 bits per heavy atom. The summed E-state index contributed by atoms with van der Waals surface area (Å²) in [5.41, 5.74) is -0.689. The first-order chi connectivity index (χ1) is 14.4. The number of carbonyl (C=O) groups excluding carboxylic acids is 2. The highest BCUT2D eigenvalue weighted by Crippen LogP contribution is 2.14. The molecule has 1 rings (SSSR count). The summed E-state index contributed by atoms with van der Waals surface area (Å²) in [6.45, 7) is 5.98. The van der Waals surface area contributed by atoms with Gasteiger partial charge in [-0.05, 0) is 24.5 Å². The van der Waals surface area contributed by atoms with Gasteiger partial charge in [-0.25, -0.2) is 13.6 Å². The van der Waals surface area contributed by atoms with Gasteiger partial charge in [0.15, 0.2) is 0 Å². The number of ether oxygens (including phenoxy) is 1. The van der Waals surface area contributed by atoms with E-state index in [0.29, 0.717) is 0 Å². The van der Waals surface area contributed by atoms with E-state index in [9.17, 15) is 18.4 Å². The van der Waals surface area contributed by atoms with Crippen LogP contribution in [0.3, 0.4) is 0 Å². The molecule has 0 aliphatic rings. The van der Waals surface area contributed by atoms with E-state index in [-0.39, 0.29) is 12.5 Å². The summed E-state index contributed by atoms with van der Waals surface area (Å²) < 4.78 is 32.9. The molecule has 1 unspecified atom stereocenters. The lowest BCUT2D eigenvalue weighted by molar-refractivity contribution is -0.147. The van der Waals surface area contributed by atoms with E-state index in [1.54, 1.807) is 13.8 Å². The van der Waals surface area contributed by atoms with Gasteiger partial charge in [0.25, 0.3) is 5.91 Å². The number of halogens is 2. The molecule has 1 amide bonds. The van der Waals surface area contributed by atoms with Gasteiger partial charge in [-0.15, -0.1) is 0 Å². The minimum atomic E-state index is -0.964. The molecule has 1 aromatic rings. The smallest absolute Gasteiger partial charge is 0.328 e. The Bertz CT molecular complexity index is 629. The topological polar surface area (TPSA) is 55.4 Å². The molecule has 0 saturated carbocycles. The van der Waals surface area contributed by atoms with Gasteiger partial charge in [-0.3, -0.25) is 4.79 Å². The highest BCUT2D eigenvalue weighted by atomic mass is 19.1. The molecule has 0 fully saturated rings. The first-order valence-electron chi connectivity index (χ1n) is 11.3. The second-order valence-electron chi connectivity index (χ2n) is 8.14. The van der Waals surface area contributed by atoms with Crippen LogP contribution in [0.5, 0.6) is 0 Å². The third-order valence-electron chi connectivity index (χ3n) is 5.14. The Hall–Kier alpha value is -1.98. The molecular formula is C24H37F2NO3. The third-order valence-corrected chi connectivity index (χ3v) is 5.14. The minimum absolute atomic E-state index is 0.274. The van der Waals surface area contributed by atoms with Crippen molar-refractivity contribution in [2.75, 3.05) is 6.61 Å². The molecule has 0 bridgehead atoms. The van der Waals surface area contributed by atoms with Crippen LogP contribution >= 0.6 is 0 Å². The van der Waals surface area contributed by atoms with Crippen LogP contribution in [0.4, 0.5) is 8.78 Å². The van der Waals surface area contributed by atoms with Gasteiger partial charge in [-0.2, -0.15) is 0 Å². The number of amides is 1. The highest BCUT2D eigenvalue weighted by Gasteiger charge is 2.28. The molecule has 1 aromatic carbocycles. The van der Waals surface area contributed by atoms with Gasteiger partial charge in [0, 0.05) is 0 Å². The third kappa shape index (κ3) is 9.68. The lowest BCUT2D eigenvalue weighted by Gasteiger charge is -2.21. The van der Waals surface area contributed by atoms with E-state index in [0.717, 1.165) is 31.4 Å². The molecule has 0 aliphatic heterocycles. The molecule has 0 spiro atoms. The standard InChI is InChI=1S/C24H37F2NO3/c1-4-5-6-7-8-9-10-11-12-13-17-30-24(29)22(18(2)3)27-23(28)21-19(25)15-14-16-20(21)26/h14-16,18,22H,4-13,17H2,1-3H3,(H,27,28). The van der Waals surface area contributed by atoms with Crippen LogP contribution in [0.2, 0.25) is 0 Å². The van der Waals surface area contributed by atoms with Crippen molar-refractivity contribution < 1.29 is 23.1 Å². The zero-order valence-electron chi connectivity index (χ0n) is 18.6. The SMILES string of the molecule is CCCCCCCCCCCCOC(=O)C(NC(=O)c1c(F)cccc1F)C(C)C. The number of rotatable bonds is 15. The molecule has 1 N–H and O–H groups in total. The zero-order chi connectivity index (χ0) is 22.4. The molecule has 0 aliphatic carbocycles. The van der Waals surface area contributed by atoms with Gasteiger partial charge in [0.05, 0.1) is 6.61 Å². The summed E-state index contributed by atoms with van der Waals surface area (Å²) in [7, 11) is 0. The van der Waals surface area contributed by atoms with Crippen molar-refractivity contribution >= 4 is 11.9 Å². The van der Waals surface area contributed by atoms with E-state index in [1.165, 1.54) is 51.0 Å². The second kappa shape index (κ2) is 14.9. The van der Waals surface area contributed by atoms with Gasteiger partial charge >= 0.3 is 5.97 Å². The lowest BCUT2D eigenvalue weighted by Crippen LogP contribution is -2.45. The Kier molecular flexibility index (Phi) is 13.0. The number of carbonyl (C=O) groups is 2. The van der Waals surface area contributed by atoms with Crippen LogP contribution in [-0.2, 0) is 9.53 Å². The highest BCUT2D eigenvalue weighted by molar-refractivity contribution is 5.97. The summed E-state index contributed by atoms with van der Waals surface area (Å²) in [4.78, 5) is 24.6. The Labute approximate surface area is 179 Å². The summed E-state index contributed by atoms with van der Waals surface area (Å²) >= 11 is 0. The predicted octanol–water partition coefficient (Wildman–Crippen LogP) is 6.18. The van der Waals surface area contributed by atoms with Crippen LogP contribution in [0.1, 0.15) is 95.3 Å². The van der Waals surface area contributed by atoms with Crippen LogP contribution < -0.4 is 5.32 Å². The van der Waals surface area contributed by atoms with Crippen molar-refractivity contribution in [2.24, 2.45) is 5.92 Å². The zero-order valence-corrected chi connectivity index (χ0v) is 18.6. The predicted molar refractivity (Wildman–Crippen MR) is 115 cm³/mol. The fraction of sp³-hybridized carbons (Fsp3) is 0.667. The van der Waals surface area contributed by atoms with Crippen molar-refractivity contribution in [1.29, 1.82) is 0 Å². The van der Waals surface area contributed by atoms with E-state index < -0.39 is 35.1 Å². The number of unbranched alkanes of at least 4 members (excludes halogenated alkanes) is 9. The molecule has 0 radical (unpaired) electrons. The van der Waals surface area contributed by atoms with Gasteiger partial charge in [0.1, 0.15) is 23.2 Å². The first-order valence-corrected chi connectivity index (χ1v) is 11.3. The molecular weight excluding hydrogens is 388 g/mol. The largest absolute Gasteiger partial charge is 0.464 e. The van der Waals surface area contributed by atoms with E-state index >= 15 is 0 Å². The molecule has 170 valence electrons. The summed E-state index contributed by atoms with van der Waals surface area (Å²) in [5, 5.41) is 2.41. The molecule has 1 atom stereocenters. The quantitative estimate of drug-likeness (QED) is 0.269. The van der Waals surface area contributed by atoms with Gasteiger partial charge < -0.3 is 10.1 Å². The summed E-state index contributed by atoms with van der Waals surface area (Å²) in [6, 6.07) is 2.24. The summed E-state index contributed by atoms with van der Waals surface area (Å²) in [5.74, 6) is -3.74. The van der Waals surface area contributed by atoms with Gasteiger partial charge in [0.2, 0.25) is 0 Å². The van der Waals surface area contributed by atoms with Crippen LogP contribution in [0, 0.1) is 17.6 Å². The molecule has 0 aromatic heterocycles. The van der Waals surface area contributed by atoms with E-state index in [4.69, 9.17) is 4.74 Å². The first kappa shape index (κ1) is 26.1. The summed E-state index contributed by atoms with van der Waals surface area (Å²) in [6.07, 6.45) is 11.8. The average molecular weight is 426 g/mol.